The molecule has 3 rings (SSSR count). The van der Waals surface area contributed by atoms with Crippen molar-refractivity contribution in [3.63, 3.8) is 0 Å². The fraction of sp³-hybridized carbons (Fsp3) is 0.409. The molecule has 6 nitrogen and oxygen atoms in total. The maximum Gasteiger partial charge on any atom is 0.318 e. The molecule has 0 radical (unpaired) electrons. The number of hydrogen-bond donors (Lipinski definition) is 1. The average Bonchev–Trinajstić information content (AvgIpc) is 3.56. The normalized spacial score (nSPS) is 14.1. The number of ether oxygens (including phenoxy) is 3. The second kappa shape index (κ2) is 8.87. The summed E-state index contributed by atoms with van der Waals surface area (Å²) in [6.45, 7) is 2.48. The van der Waals surface area contributed by atoms with Gasteiger partial charge in [-0.1, -0.05) is 18.2 Å². The van der Waals surface area contributed by atoms with E-state index >= 15 is 0 Å². The first-order valence-corrected chi connectivity index (χ1v) is 9.48. The Balaban J connectivity index is 1.74. The summed E-state index contributed by atoms with van der Waals surface area (Å²) in [6, 6.07) is 13.4. The third-order valence-corrected chi connectivity index (χ3v) is 5.03. The van der Waals surface area contributed by atoms with Crippen LogP contribution in [-0.2, 0) is 6.54 Å². The van der Waals surface area contributed by atoms with Gasteiger partial charge in [0.1, 0.15) is 17.2 Å². The van der Waals surface area contributed by atoms with Crippen LogP contribution in [0.5, 0.6) is 17.2 Å². The Bertz CT molecular complexity index is 820. The van der Waals surface area contributed by atoms with Crippen molar-refractivity contribution in [2.75, 3.05) is 21.3 Å². The first-order valence-electron chi connectivity index (χ1n) is 9.48. The minimum atomic E-state index is -0.202. The van der Waals surface area contributed by atoms with Crippen LogP contribution >= 0.6 is 0 Å². The molecule has 1 aliphatic rings. The lowest BCUT2D eigenvalue weighted by Crippen LogP contribution is -2.42. The Labute approximate surface area is 166 Å². The molecule has 2 aromatic carbocycles. The van der Waals surface area contributed by atoms with Crippen LogP contribution in [0, 0.1) is 0 Å². The third-order valence-electron chi connectivity index (χ3n) is 5.03. The van der Waals surface area contributed by atoms with E-state index in [0.29, 0.717) is 12.3 Å². The van der Waals surface area contributed by atoms with Crippen molar-refractivity contribution in [3.8, 4) is 17.2 Å². The highest BCUT2D eigenvalue weighted by Crippen LogP contribution is 2.32. The van der Waals surface area contributed by atoms with Crippen LogP contribution in [-0.4, -0.2) is 38.3 Å². The topological polar surface area (TPSA) is 60.0 Å². The molecule has 28 heavy (non-hydrogen) atoms. The van der Waals surface area contributed by atoms with Crippen LogP contribution in [0.3, 0.4) is 0 Å². The van der Waals surface area contributed by atoms with Gasteiger partial charge in [0.25, 0.3) is 0 Å². The van der Waals surface area contributed by atoms with Crippen LogP contribution < -0.4 is 19.5 Å². The molecule has 1 atom stereocenters. The second-order valence-electron chi connectivity index (χ2n) is 6.95. The first kappa shape index (κ1) is 19.9. The van der Waals surface area contributed by atoms with Gasteiger partial charge in [-0.25, -0.2) is 4.79 Å². The molecule has 1 unspecified atom stereocenters. The van der Waals surface area contributed by atoms with Gasteiger partial charge in [-0.05, 0) is 38.0 Å². The number of urea groups is 1. The Morgan fingerprint density at radius 3 is 2.43 bits per heavy atom. The molecule has 0 heterocycles. The fourth-order valence-corrected chi connectivity index (χ4v) is 3.29. The molecule has 1 fully saturated rings. The van der Waals surface area contributed by atoms with Crippen molar-refractivity contribution in [2.45, 2.75) is 38.4 Å². The average molecular weight is 384 g/mol. The predicted molar refractivity (Wildman–Crippen MR) is 108 cm³/mol. The predicted octanol–water partition coefficient (Wildman–Crippen LogP) is 4.15. The third kappa shape index (κ3) is 4.50. The fourth-order valence-electron chi connectivity index (χ4n) is 3.29. The molecule has 2 amide bonds. The van der Waals surface area contributed by atoms with E-state index in [1.807, 2.05) is 54.3 Å². The Morgan fingerprint density at radius 2 is 1.79 bits per heavy atom. The van der Waals surface area contributed by atoms with E-state index in [1.54, 1.807) is 21.3 Å². The molecular weight excluding hydrogens is 356 g/mol. The summed E-state index contributed by atoms with van der Waals surface area (Å²) >= 11 is 0. The van der Waals surface area contributed by atoms with Crippen molar-refractivity contribution < 1.29 is 19.0 Å². The highest BCUT2D eigenvalue weighted by atomic mass is 16.5. The lowest BCUT2D eigenvalue weighted by molar-refractivity contribution is 0.188. The van der Waals surface area contributed by atoms with Crippen LogP contribution in [0.25, 0.3) is 0 Å². The van der Waals surface area contributed by atoms with E-state index in [0.717, 1.165) is 35.5 Å². The SMILES string of the molecule is COc1ccc(C(C)NC(=O)N(Cc2ccccc2OC)C2CC2)c(OC)c1. The number of para-hydroxylation sites is 1. The van der Waals surface area contributed by atoms with Gasteiger partial charge in [-0.2, -0.15) is 0 Å². The number of rotatable bonds is 8. The maximum atomic E-state index is 13.0. The second-order valence-corrected chi connectivity index (χ2v) is 6.95. The number of benzene rings is 2. The molecular formula is C22H28N2O4. The van der Waals surface area contributed by atoms with E-state index in [2.05, 4.69) is 5.32 Å². The summed E-state index contributed by atoms with van der Waals surface area (Å²) in [7, 11) is 4.88. The number of amides is 2. The summed E-state index contributed by atoms with van der Waals surface area (Å²) in [5, 5.41) is 3.11. The van der Waals surface area contributed by atoms with E-state index in [1.165, 1.54) is 0 Å². The van der Waals surface area contributed by atoms with Gasteiger partial charge in [-0.15, -0.1) is 0 Å². The van der Waals surface area contributed by atoms with Gasteiger partial charge in [0.05, 0.1) is 33.9 Å². The van der Waals surface area contributed by atoms with Gasteiger partial charge in [-0.3, -0.25) is 0 Å². The molecule has 6 heteroatoms. The maximum absolute atomic E-state index is 13.0. The lowest BCUT2D eigenvalue weighted by atomic mass is 10.1. The minimum absolute atomic E-state index is 0.0845. The van der Waals surface area contributed by atoms with Crippen LogP contribution in [0.4, 0.5) is 4.79 Å². The largest absolute Gasteiger partial charge is 0.497 e. The summed E-state index contributed by atoms with van der Waals surface area (Å²) in [4.78, 5) is 14.9. The number of nitrogens with zero attached hydrogens (tertiary/aromatic N) is 1. The van der Waals surface area contributed by atoms with E-state index in [4.69, 9.17) is 14.2 Å². The quantitative estimate of drug-likeness (QED) is 0.743. The van der Waals surface area contributed by atoms with E-state index in [9.17, 15) is 4.79 Å². The zero-order valence-corrected chi connectivity index (χ0v) is 16.9. The Morgan fingerprint density at radius 1 is 1.07 bits per heavy atom. The van der Waals surface area contributed by atoms with Gasteiger partial charge >= 0.3 is 6.03 Å². The number of carbonyl (C=O) groups is 1. The molecule has 0 bridgehead atoms. The number of nitrogens with one attached hydrogen (secondary N) is 1. The standard InChI is InChI=1S/C22H28N2O4/c1-15(19-12-11-18(26-2)13-21(19)28-4)23-22(25)24(17-9-10-17)14-16-7-5-6-8-20(16)27-3/h5-8,11-13,15,17H,9-10,14H2,1-4H3,(H,23,25). The molecule has 0 aromatic heterocycles. The van der Waals surface area contributed by atoms with Crippen LogP contribution in [0.1, 0.15) is 36.9 Å². The zero-order valence-electron chi connectivity index (χ0n) is 16.9. The summed E-state index contributed by atoms with van der Waals surface area (Å²) in [6.07, 6.45) is 2.06. The monoisotopic (exact) mass is 384 g/mol. The minimum Gasteiger partial charge on any atom is -0.497 e. The van der Waals surface area contributed by atoms with Gasteiger partial charge < -0.3 is 24.4 Å². The molecule has 1 N–H and O–H groups in total. The molecule has 2 aromatic rings. The highest BCUT2D eigenvalue weighted by Gasteiger charge is 2.33. The number of methoxy groups -OCH3 is 3. The number of carbonyl (C=O) groups excluding carboxylic acids is 1. The smallest absolute Gasteiger partial charge is 0.318 e. The highest BCUT2D eigenvalue weighted by molar-refractivity contribution is 5.75. The van der Waals surface area contributed by atoms with Crippen molar-refractivity contribution in [1.29, 1.82) is 0 Å². The van der Waals surface area contributed by atoms with Gasteiger partial charge in [0.2, 0.25) is 0 Å². The Hall–Kier alpha value is -2.89. The van der Waals surface area contributed by atoms with Crippen LogP contribution in [0.2, 0.25) is 0 Å². The van der Waals surface area contributed by atoms with Gasteiger partial charge in [0.15, 0.2) is 0 Å². The van der Waals surface area contributed by atoms with E-state index < -0.39 is 0 Å². The van der Waals surface area contributed by atoms with E-state index in [-0.39, 0.29) is 18.1 Å². The Kier molecular flexibility index (Phi) is 6.29. The molecule has 1 saturated carbocycles. The molecule has 0 saturated heterocycles. The molecule has 0 aliphatic heterocycles. The summed E-state index contributed by atoms with van der Waals surface area (Å²) in [5.74, 6) is 2.20. The van der Waals surface area contributed by atoms with Crippen LogP contribution in [0.15, 0.2) is 42.5 Å². The van der Waals surface area contributed by atoms with Crippen molar-refractivity contribution in [3.05, 3.63) is 53.6 Å². The lowest BCUT2D eigenvalue weighted by Gasteiger charge is -2.26. The van der Waals surface area contributed by atoms with Crippen molar-refractivity contribution in [1.82, 2.24) is 10.2 Å². The van der Waals surface area contributed by atoms with Gasteiger partial charge in [0, 0.05) is 23.2 Å². The summed E-state index contributed by atoms with van der Waals surface area (Å²) < 4.78 is 16.2. The molecule has 1 aliphatic carbocycles. The van der Waals surface area contributed by atoms with Crippen molar-refractivity contribution >= 4 is 6.03 Å². The number of hydrogen-bond acceptors (Lipinski definition) is 4. The van der Waals surface area contributed by atoms with Crippen molar-refractivity contribution in [2.24, 2.45) is 0 Å². The first-order chi connectivity index (χ1) is 13.6. The zero-order chi connectivity index (χ0) is 20.1. The molecule has 0 spiro atoms. The summed E-state index contributed by atoms with van der Waals surface area (Å²) in [5.41, 5.74) is 1.91. The molecule has 150 valence electrons.